The molecule has 0 saturated heterocycles. The first kappa shape index (κ1) is 12.8. The Morgan fingerprint density at radius 1 is 1.22 bits per heavy atom. The highest BCUT2D eigenvalue weighted by Crippen LogP contribution is 2.18. The van der Waals surface area contributed by atoms with Crippen LogP contribution in [0.3, 0.4) is 0 Å². The number of aromatic nitrogens is 4. The molecule has 0 bridgehead atoms. The smallest absolute Gasteiger partial charge is 0.129 e. The van der Waals surface area contributed by atoms with E-state index in [1.165, 1.54) is 6.33 Å². The van der Waals surface area contributed by atoms with Crippen molar-refractivity contribution in [2.45, 2.75) is 12.1 Å². The second-order valence-electron chi connectivity index (χ2n) is 3.86. The Labute approximate surface area is 103 Å². The Kier molecular flexibility index (Phi) is 4.15. The van der Waals surface area contributed by atoms with Crippen LogP contribution in [0.5, 0.6) is 0 Å². The number of fused-ring (bicyclic) bond motifs is 1. The van der Waals surface area contributed by atoms with Gasteiger partial charge in [-0.2, -0.15) is 5.10 Å². The maximum atomic E-state index is 9.38. The molecule has 1 atom stereocenters. The van der Waals surface area contributed by atoms with Crippen molar-refractivity contribution >= 4 is 11.0 Å². The zero-order valence-electron chi connectivity index (χ0n) is 9.61. The Hall–Kier alpha value is -1.61. The molecule has 0 spiro atoms. The zero-order chi connectivity index (χ0) is 13.0. The number of rotatable bonds is 6. The van der Waals surface area contributed by atoms with E-state index in [2.05, 4.69) is 25.5 Å². The van der Waals surface area contributed by atoms with Crippen molar-refractivity contribution in [1.82, 2.24) is 25.5 Å². The lowest BCUT2D eigenvalue weighted by molar-refractivity contribution is 0.144. The summed E-state index contributed by atoms with van der Waals surface area (Å²) in [5, 5.41) is 37.1. The van der Waals surface area contributed by atoms with Gasteiger partial charge in [0.25, 0.3) is 0 Å². The standard InChI is InChI=1S/C10H15N5O3/c16-2-6(3-17)13-8(4-18)10-9-7(14-15-10)1-11-5-12-9/h1,5-6,8,13,16-18H,2-4H2,(H,14,15)/t8-/m0/s1. The molecule has 0 radical (unpaired) electrons. The van der Waals surface area contributed by atoms with E-state index in [0.29, 0.717) is 16.7 Å². The third kappa shape index (κ3) is 2.46. The van der Waals surface area contributed by atoms with Crippen molar-refractivity contribution in [3.63, 3.8) is 0 Å². The highest BCUT2D eigenvalue weighted by atomic mass is 16.3. The van der Waals surface area contributed by atoms with Crippen LogP contribution in [-0.2, 0) is 0 Å². The number of hydrogen-bond donors (Lipinski definition) is 5. The van der Waals surface area contributed by atoms with Gasteiger partial charge in [-0.15, -0.1) is 0 Å². The topological polar surface area (TPSA) is 127 Å². The molecule has 98 valence electrons. The molecule has 2 aromatic rings. The van der Waals surface area contributed by atoms with Crippen LogP contribution >= 0.6 is 0 Å². The number of nitrogens with one attached hydrogen (secondary N) is 2. The SMILES string of the molecule is OCC(CO)N[C@@H](CO)c1[nH]nc2cncnc12. The molecule has 0 fully saturated rings. The summed E-state index contributed by atoms with van der Waals surface area (Å²) < 4.78 is 0. The quantitative estimate of drug-likeness (QED) is 0.416. The molecule has 0 aliphatic rings. The highest BCUT2D eigenvalue weighted by Gasteiger charge is 2.20. The van der Waals surface area contributed by atoms with E-state index in [-0.39, 0.29) is 19.8 Å². The van der Waals surface area contributed by atoms with E-state index in [1.54, 1.807) is 6.20 Å². The molecule has 0 amide bonds. The maximum Gasteiger partial charge on any atom is 0.129 e. The van der Waals surface area contributed by atoms with E-state index in [9.17, 15) is 5.11 Å². The van der Waals surface area contributed by atoms with Gasteiger partial charge < -0.3 is 15.3 Å². The highest BCUT2D eigenvalue weighted by molar-refractivity contribution is 5.75. The summed E-state index contributed by atoms with van der Waals surface area (Å²) in [5.41, 5.74) is 1.80. The van der Waals surface area contributed by atoms with Crippen molar-refractivity contribution in [3.05, 3.63) is 18.2 Å². The lowest BCUT2D eigenvalue weighted by Crippen LogP contribution is -2.40. The van der Waals surface area contributed by atoms with Gasteiger partial charge in [-0.3, -0.25) is 10.4 Å². The summed E-state index contributed by atoms with van der Waals surface area (Å²) >= 11 is 0. The largest absolute Gasteiger partial charge is 0.395 e. The minimum atomic E-state index is -0.512. The first-order valence-corrected chi connectivity index (χ1v) is 5.52. The molecule has 18 heavy (non-hydrogen) atoms. The molecule has 0 aliphatic carbocycles. The molecule has 0 aliphatic heterocycles. The second-order valence-corrected chi connectivity index (χ2v) is 3.86. The van der Waals surface area contributed by atoms with Crippen LogP contribution in [0, 0.1) is 0 Å². The number of H-pyrrole nitrogens is 1. The summed E-state index contributed by atoms with van der Waals surface area (Å²) in [5.74, 6) is 0. The van der Waals surface area contributed by atoms with E-state index in [4.69, 9.17) is 10.2 Å². The average Bonchev–Trinajstić information content (AvgIpc) is 2.84. The first-order chi connectivity index (χ1) is 8.80. The zero-order valence-corrected chi connectivity index (χ0v) is 9.61. The van der Waals surface area contributed by atoms with Gasteiger partial charge in [-0.05, 0) is 0 Å². The number of aromatic amines is 1. The van der Waals surface area contributed by atoms with Gasteiger partial charge in [0.2, 0.25) is 0 Å². The molecular formula is C10H15N5O3. The predicted octanol–water partition coefficient (Wildman–Crippen LogP) is -1.67. The average molecular weight is 253 g/mol. The van der Waals surface area contributed by atoms with E-state index < -0.39 is 12.1 Å². The molecule has 2 aromatic heterocycles. The van der Waals surface area contributed by atoms with Crippen molar-refractivity contribution in [3.8, 4) is 0 Å². The van der Waals surface area contributed by atoms with Crippen LogP contribution in [0.1, 0.15) is 11.7 Å². The minimum absolute atomic E-state index is 0.211. The van der Waals surface area contributed by atoms with E-state index in [1.807, 2.05) is 0 Å². The molecular weight excluding hydrogens is 238 g/mol. The van der Waals surface area contributed by atoms with Gasteiger partial charge in [-0.25, -0.2) is 9.97 Å². The summed E-state index contributed by atoms with van der Waals surface area (Å²) in [6.45, 7) is -0.667. The first-order valence-electron chi connectivity index (χ1n) is 5.52. The Morgan fingerprint density at radius 3 is 2.67 bits per heavy atom. The molecule has 8 nitrogen and oxygen atoms in total. The summed E-state index contributed by atoms with van der Waals surface area (Å²) in [6.07, 6.45) is 2.96. The fourth-order valence-electron chi connectivity index (χ4n) is 1.70. The Balaban J connectivity index is 2.26. The van der Waals surface area contributed by atoms with Crippen molar-refractivity contribution in [2.24, 2.45) is 0 Å². The van der Waals surface area contributed by atoms with Crippen LogP contribution in [-0.4, -0.2) is 61.3 Å². The van der Waals surface area contributed by atoms with Crippen LogP contribution in [0.4, 0.5) is 0 Å². The van der Waals surface area contributed by atoms with Gasteiger partial charge in [0, 0.05) is 0 Å². The number of aliphatic hydroxyl groups excluding tert-OH is 3. The number of nitrogens with zero attached hydrogens (tertiary/aromatic N) is 3. The number of aliphatic hydroxyl groups is 3. The number of hydrogen-bond acceptors (Lipinski definition) is 7. The van der Waals surface area contributed by atoms with Crippen LogP contribution in [0.15, 0.2) is 12.5 Å². The lowest BCUT2D eigenvalue weighted by Gasteiger charge is -2.20. The second kappa shape index (κ2) is 5.83. The van der Waals surface area contributed by atoms with Crippen LogP contribution in [0.25, 0.3) is 11.0 Å². The van der Waals surface area contributed by atoms with Crippen molar-refractivity contribution in [2.75, 3.05) is 19.8 Å². The van der Waals surface area contributed by atoms with Crippen LogP contribution < -0.4 is 5.32 Å². The predicted molar refractivity (Wildman–Crippen MR) is 62.6 cm³/mol. The fraction of sp³-hybridized carbons (Fsp3) is 0.500. The van der Waals surface area contributed by atoms with Crippen molar-refractivity contribution in [1.29, 1.82) is 0 Å². The van der Waals surface area contributed by atoms with E-state index in [0.717, 1.165) is 0 Å². The molecule has 0 unspecified atom stereocenters. The molecule has 8 heteroatoms. The Bertz CT molecular complexity index is 499. The van der Waals surface area contributed by atoms with Gasteiger partial charge >= 0.3 is 0 Å². The molecule has 0 aromatic carbocycles. The summed E-state index contributed by atoms with van der Waals surface area (Å²) in [6, 6.07) is -1.00. The molecule has 2 rings (SSSR count). The van der Waals surface area contributed by atoms with Gasteiger partial charge in [0.1, 0.15) is 17.4 Å². The molecule has 0 saturated carbocycles. The molecule has 2 heterocycles. The van der Waals surface area contributed by atoms with Crippen LogP contribution in [0.2, 0.25) is 0 Å². The molecule has 5 N–H and O–H groups in total. The summed E-state index contributed by atoms with van der Waals surface area (Å²) in [7, 11) is 0. The van der Waals surface area contributed by atoms with Gasteiger partial charge in [0.15, 0.2) is 0 Å². The fourth-order valence-corrected chi connectivity index (χ4v) is 1.70. The monoisotopic (exact) mass is 253 g/mol. The van der Waals surface area contributed by atoms with Gasteiger partial charge in [0.05, 0.1) is 43.8 Å². The Morgan fingerprint density at radius 2 is 2.00 bits per heavy atom. The third-order valence-electron chi connectivity index (χ3n) is 2.65. The maximum absolute atomic E-state index is 9.38. The van der Waals surface area contributed by atoms with E-state index >= 15 is 0 Å². The van der Waals surface area contributed by atoms with Crippen molar-refractivity contribution < 1.29 is 15.3 Å². The minimum Gasteiger partial charge on any atom is -0.395 e. The third-order valence-corrected chi connectivity index (χ3v) is 2.65. The lowest BCUT2D eigenvalue weighted by atomic mass is 10.1. The summed E-state index contributed by atoms with van der Waals surface area (Å²) in [4.78, 5) is 7.94. The normalized spacial score (nSPS) is 13.3. The van der Waals surface area contributed by atoms with Gasteiger partial charge in [-0.1, -0.05) is 0 Å².